The van der Waals surface area contributed by atoms with Crippen LogP contribution in [-0.4, -0.2) is 19.3 Å². The Morgan fingerprint density at radius 2 is 2.00 bits per heavy atom. The maximum atomic E-state index is 12.2. The van der Waals surface area contributed by atoms with Crippen LogP contribution in [-0.2, 0) is 6.42 Å². The number of likely N-dealkylation sites (N-methyl/N-ethyl adjacent to an activating group) is 1. The van der Waals surface area contributed by atoms with E-state index in [4.69, 9.17) is 11.6 Å². The van der Waals surface area contributed by atoms with E-state index >= 15 is 0 Å². The molecule has 102 valence electrons. The van der Waals surface area contributed by atoms with E-state index in [-0.39, 0.29) is 12.5 Å². The lowest BCUT2D eigenvalue weighted by Gasteiger charge is -2.18. The Kier molecular flexibility index (Phi) is 5.47. The molecular weight excluding hydrogens is 263 g/mol. The molecule has 0 bridgehead atoms. The number of alkyl halides is 3. The molecule has 0 saturated carbocycles. The lowest BCUT2D eigenvalue weighted by molar-refractivity contribution is -0.136. The van der Waals surface area contributed by atoms with E-state index in [1.165, 1.54) is 0 Å². The maximum absolute atomic E-state index is 12.2. The first-order valence-electron chi connectivity index (χ1n) is 5.81. The van der Waals surface area contributed by atoms with E-state index < -0.39 is 12.6 Å². The Balaban J connectivity index is 2.62. The molecule has 0 amide bonds. The van der Waals surface area contributed by atoms with Crippen molar-refractivity contribution in [3.8, 4) is 0 Å². The molecule has 1 rings (SSSR count). The molecule has 0 fully saturated rings. The van der Waals surface area contributed by atoms with Crippen LogP contribution in [0.5, 0.6) is 0 Å². The van der Waals surface area contributed by atoms with Crippen LogP contribution < -0.4 is 5.32 Å². The van der Waals surface area contributed by atoms with Gasteiger partial charge in [0.15, 0.2) is 0 Å². The molecule has 0 aliphatic rings. The SMILES string of the molecule is CNC(CCC(F)(F)F)Cc1ccc(C)cc1Cl. The van der Waals surface area contributed by atoms with Crippen LogP contribution in [0.3, 0.4) is 0 Å². The van der Waals surface area contributed by atoms with Crippen molar-refractivity contribution >= 4 is 11.6 Å². The van der Waals surface area contributed by atoms with Gasteiger partial charge in [-0.05, 0) is 44.0 Å². The monoisotopic (exact) mass is 279 g/mol. The van der Waals surface area contributed by atoms with Gasteiger partial charge in [-0.3, -0.25) is 0 Å². The maximum Gasteiger partial charge on any atom is 0.389 e. The second kappa shape index (κ2) is 6.43. The summed E-state index contributed by atoms with van der Waals surface area (Å²) in [6, 6.07) is 5.40. The Morgan fingerprint density at radius 3 is 2.50 bits per heavy atom. The third-order valence-corrected chi connectivity index (χ3v) is 3.21. The summed E-state index contributed by atoms with van der Waals surface area (Å²) >= 11 is 6.07. The molecule has 0 spiro atoms. The van der Waals surface area contributed by atoms with Gasteiger partial charge in [-0.15, -0.1) is 0 Å². The smallest absolute Gasteiger partial charge is 0.317 e. The minimum absolute atomic E-state index is 0.0597. The van der Waals surface area contributed by atoms with E-state index in [0.29, 0.717) is 11.4 Å². The fraction of sp³-hybridized carbons (Fsp3) is 0.538. The summed E-state index contributed by atoms with van der Waals surface area (Å²) in [5, 5.41) is 3.52. The molecule has 1 atom stereocenters. The van der Waals surface area contributed by atoms with Gasteiger partial charge in [-0.2, -0.15) is 13.2 Å². The fourth-order valence-corrected chi connectivity index (χ4v) is 2.08. The summed E-state index contributed by atoms with van der Waals surface area (Å²) in [4.78, 5) is 0. The Morgan fingerprint density at radius 1 is 1.33 bits per heavy atom. The molecule has 0 aromatic heterocycles. The highest BCUT2D eigenvalue weighted by atomic mass is 35.5. The number of hydrogen-bond acceptors (Lipinski definition) is 1. The van der Waals surface area contributed by atoms with E-state index in [2.05, 4.69) is 5.32 Å². The summed E-state index contributed by atoms with van der Waals surface area (Å²) in [6.07, 6.45) is -4.32. The summed E-state index contributed by atoms with van der Waals surface area (Å²) < 4.78 is 36.5. The minimum Gasteiger partial charge on any atom is -0.317 e. The predicted octanol–water partition coefficient (Wildman–Crippen LogP) is 4.12. The Labute approximate surface area is 110 Å². The average molecular weight is 280 g/mol. The number of aryl methyl sites for hydroxylation is 1. The topological polar surface area (TPSA) is 12.0 Å². The van der Waals surface area contributed by atoms with Gasteiger partial charge in [0.2, 0.25) is 0 Å². The van der Waals surface area contributed by atoms with Crippen molar-refractivity contribution in [1.82, 2.24) is 5.32 Å². The van der Waals surface area contributed by atoms with Crippen LogP contribution in [0.1, 0.15) is 24.0 Å². The van der Waals surface area contributed by atoms with Gasteiger partial charge in [0.05, 0.1) is 0 Å². The number of benzene rings is 1. The quantitative estimate of drug-likeness (QED) is 0.855. The first kappa shape index (κ1) is 15.3. The van der Waals surface area contributed by atoms with Crippen molar-refractivity contribution in [1.29, 1.82) is 0 Å². The zero-order chi connectivity index (χ0) is 13.8. The van der Waals surface area contributed by atoms with Crippen LogP contribution in [0.15, 0.2) is 18.2 Å². The van der Waals surface area contributed by atoms with Crippen molar-refractivity contribution < 1.29 is 13.2 Å². The van der Waals surface area contributed by atoms with Gasteiger partial charge in [-0.1, -0.05) is 23.7 Å². The third-order valence-electron chi connectivity index (χ3n) is 2.86. The van der Waals surface area contributed by atoms with Crippen LogP contribution in [0.25, 0.3) is 0 Å². The molecule has 18 heavy (non-hydrogen) atoms. The molecule has 0 radical (unpaired) electrons. The van der Waals surface area contributed by atoms with E-state index in [1.54, 1.807) is 7.05 Å². The molecular formula is C13H17ClF3N. The van der Waals surface area contributed by atoms with Crippen molar-refractivity contribution in [2.75, 3.05) is 7.05 Å². The summed E-state index contributed by atoms with van der Waals surface area (Å²) in [5.74, 6) is 0. The third kappa shape index (κ3) is 5.27. The van der Waals surface area contributed by atoms with E-state index in [9.17, 15) is 13.2 Å². The Bertz CT molecular complexity index is 390. The van der Waals surface area contributed by atoms with Crippen molar-refractivity contribution in [2.45, 2.75) is 38.4 Å². The van der Waals surface area contributed by atoms with E-state index in [1.807, 2.05) is 25.1 Å². The molecule has 0 aliphatic carbocycles. The molecule has 0 aliphatic heterocycles. The standard InChI is InChI=1S/C13H17ClF3N/c1-9-3-4-10(12(14)7-9)8-11(18-2)5-6-13(15,16)17/h3-4,7,11,18H,5-6,8H2,1-2H3. The number of nitrogens with one attached hydrogen (secondary N) is 1. The molecule has 0 saturated heterocycles. The molecule has 5 heteroatoms. The summed E-state index contributed by atoms with van der Waals surface area (Å²) in [5.41, 5.74) is 1.92. The second-order valence-electron chi connectivity index (χ2n) is 4.44. The number of rotatable bonds is 5. The fourth-order valence-electron chi connectivity index (χ4n) is 1.77. The predicted molar refractivity (Wildman–Crippen MR) is 68.0 cm³/mol. The lowest BCUT2D eigenvalue weighted by Crippen LogP contribution is -2.29. The van der Waals surface area contributed by atoms with Crippen LogP contribution in [0.4, 0.5) is 13.2 Å². The normalized spacial score (nSPS) is 13.7. The van der Waals surface area contributed by atoms with Gasteiger partial charge in [-0.25, -0.2) is 0 Å². The molecule has 1 unspecified atom stereocenters. The van der Waals surface area contributed by atoms with Gasteiger partial charge >= 0.3 is 6.18 Å². The molecule has 1 N–H and O–H groups in total. The number of halogens is 4. The van der Waals surface area contributed by atoms with Gasteiger partial charge in [0.1, 0.15) is 0 Å². The minimum atomic E-state index is -4.10. The highest BCUT2D eigenvalue weighted by Gasteiger charge is 2.28. The van der Waals surface area contributed by atoms with Crippen molar-refractivity contribution in [3.05, 3.63) is 34.3 Å². The zero-order valence-electron chi connectivity index (χ0n) is 10.4. The van der Waals surface area contributed by atoms with Crippen LogP contribution in [0.2, 0.25) is 5.02 Å². The zero-order valence-corrected chi connectivity index (χ0v) is 11.2. The van der Waals surface area contributed by atoms with Crippen molar-refractivity contribution in [2.24, 2.45) is 0 Å². The van der Waals surface area contributed by atoms with Crippen molar-refractivity contribution in [3.63, 3.8) is 0 Å². The summed E-state index contributed by atoms with van der Waals surface area (Å²) in [6.45, 7) is 1.93. The first-order valence-corrected chi connectivity index (χ1v) is 6.18. The molecule has 1 aromatic carbocycles. The van der Waals surface area contributed by atoms with Gasteiger partial charge < -0.3 is 5.32 Å². The highest BCUT2D eigenvalue weighted by molar-refractivity contribution is 6.31. The molecule has 1 aromatic rings. The van der Waals surface area contributed by atoms with Gasteiger partial charge in [0, 0.05) is 17.5 Å². The van der Waals surface area contributed by atoms with Crippen LogP contribution in [0, 0.1) is 6.92 Å². The average Bonchev–Trinajstić information content (AvgIpc) is 2.25. The Hall–Kier alpha value is -0.740. The molecule has 0 heterocycles. The lowest BCUT2D eigenvalue weighted by atomic mass is 10.0. The first-order chi connectivity index (χ1) is 8.31. The second-order valence-corrected chi connectivity index (χ2v) is 4.85. The number of hydrogen-bond donors (Lipinski definition) is 1. The highest BCUT2D eigenvalue weighted by Crippen LogP contribution is 2.25. The molecule has 1 nitrogen and oxygen atoms in total. The summed E-state index contributed by atoms with van der Waals surface area (Å²) in [7, 11) is 1.67. The van der Waals surface area contributed by atoms with E-state index in [0.717, 1.165) is 11.1 Å². The van der Waals surface area contributed by atoms with Gasteiger partial charge in [0.25, 0.3) is 0 Å². The largest absolute Gasteiger partial charge is 0.389 e. The van der Waals surface area contributed by atoms with Crippen LogP contribution >= 0.6 is 11.6 Å².